The maximum atomic E-state index is 5.05. The molecule has 0 bridgehead atoms. The Balaban J connectivity index is 2.44. The lowest BCUT2D eigenvalue weighted by atomic mass is 10.1. The minimum Gasteiger partial charge on any atom is -0.383 e. The first kappa shape index (κ1) is 15.9. The predicted octanol–water partition coefficient (Wildman–Crippen LogP) is 1.90. The van der Waals surface area contributed by atoms with E-state index in [0.717, 1.165) is 43.6 Å². The summed E-state index contributed by atoms with van der Waals surface area (Å²) < 4.78 is 5.05. The minimum atomic E-state index is 0.423. The molecule has 0 aliphatic rings. The summed E-state index contributed by atoms with van der Waals surface area (Å²) in [6.07, 6.45) is 0. The molecule has 0 saturated heterocycles. The highest BCUT2D eigenvalue weighted by molar-refractivity contribution is 5.29. The highest BCUT2D eigenvalue weighted by Crippen LogP contribution is 2.14. The zero-order valence-electron chi connectivity index (χ0n) is 12.7. The molecule has 0 spiro atoms. The van der Waals surface area contributed by atoms with Gasteiger partial charge in [0, 0.05) is 38.1 Å². The zero-order chi connectivity index (χ0) is 14.3. The number of nitrogens with one attached hydrogen (secondary N) is 1. The Labute approximate surface area is 116 Å². The molecular formula is C14H26N4O. The van der Waals surface area contributed by atoms with Gasteiger partial charge in [0.15, 0.2) is 0 Å². The minimum absolute atomic E-state index is 0.423. The summed E-state index contributed by atoms with van der Waals surface area (Å²) in [4.78, 5) is 11.2. The fourth-order valence-electron chi connectivity index (χ4n) is 1.69. The van der Waals surface area contributed by atoms with Gasteiger partial charge in [0.1, 0.15) is 0 Å². The van der Waals surface area contributed by atoms with Gasteiger partial charge in [-0.1, -0.05) is 13.8 Å². The first-order chi connectivity index (χ1) is 9.02. The maximum absolute atomic E-state index is 5.05. The van der Waals surface area contributed by atoms with Crippen molar-refractivity contribution < 1.29 is 4.74 Å². The molecule has 0 fully saturated rings. The van der Waals surface area contributed by atoms with E-state index >= 15 is 0 Å². The standard InChI is InChI=1S/C14H26N4O/c1-11(2)13-10-12(3)16-14(17-13)15-6-7-18(4)8-9-19-5/h10-11H,6-9H2,1-5H3,(H,15,16,17). The molecular weight excluding hydrogens is 240 g/mol. The molecule has 108 valence electrons. The Hall–Kier alpha value is -1.20. The molecule has 0 amide bonds. The van der Waals surface area contributed by atoms with Crippen LogP contribution in [0.1, 0.15) is 31.2 Å². The fraction of sp³-hybridized carbons (Fsp3) is 0.714. The van der Waals surface area contributed by atoms with Crippen molar-refractivity contribution in [3.63, 3.8) is 0 Å². The van der Waals surface area contributed by atoms with Crippen LogP contribution in [-0.4, -0.2) is 55.3 Å². The topological polar surface area (TPSA) is 50.3 Å². The van der Waals surface area contributed by atoms with Gasteiger partial charge in [-0.25, -0.2) is 9.97 Å². The number of ether oxygens (including phenoxy) is 1. The average molecular weight is 266 g/mol. The summed E-state index contributed by atoms with van der Waals surface area (Å²) in [5.74, 6) is 1.15. The first-order valence-corrected chi connectivity index (χ1v) is 6.80. The van der Waals surface area contributed by atoms with E-state index in [1.807, 2.05) is 13.0 Å². The van der Waals surface area contributed by atoms with Crippen molar-refractivity contribution in [3.8, 4) is 0 Å². The van der Waals surface area contributed by atoms with E-state index in [4.69, 9.17) is 4.74 Å². The van der Waals surface area contributed by atoms with Crippen molar-refractivity contribution in [2.24, 2.45) is 0 Å². The highest BCUT2D eigenvalue weighted by Gasteiger charge is 2.05. The Morgan fingerprint density at radius 2 is 2.05 bits per heavy atom. The van der Waals surface area contributed by atoms with E-state index in [-0.39, 0.29) is 0 Å². The Bertz CT molecular complexity index is 382. The van der Waals surface area contributed by atoms with Gasteiger partial charge in [-0.2, -0.15) is 0 Å². The molecule has 1 heterocycles. The van der Waals surface area contributed by atoms with Crippen molar-refractivity contribution in [1.29, 1.82) is 0 Å². The number of aromatic nitrogens is 2. The fourth-order valence-corrected chi connectivity index (χ4v) is 1.69. The third-order valence-electron chi connectivity index (χ3n) is 2.92. The molecule has 1 aromatic heterocycles. The number of hydrogen-bond acceptors (Lipinski definition) is 5. The Morgan fingerprint density at radius 1 is 1.32 bits per heavy atom. The molecule has 1 rings (SSSR count). The van der Waals surface area contributed by atoms with E-state index in [0.29, 0.717) is 5.92 Å². The number of hydrogen-bond donors (Lipinski definition) is 1. The Kier molecular flexibility index (Phi) is 6.73. The maximum Gasteiger partial charge on any atom is 0.223 e. The van der Waals surface area contributed by atoms with Crippen molar-refractivity contribution in [1.82, 2.24) is 14.9 Å². The normalized spacial score (nSPS) is 11.3. The predicted molar refractivity (Wildman–Crippen MR) is 78.7 cm³/mol. The van der Waals surface area contributed by atoms with E-state index in [1.54, 1.807) is 7.11 Å². The van der Waals surface area contributed by atoms with Crippen LogP contribution in [0.4, 0.5) is 5.95 Å². The molecule has 1 aromatic rings. The van der Waals surface area contributed by atoms with E-state index in [9.17, 15) is 0 Å². The lowest BCUT2D eigenvalue weighted by molar-refractivity contribution is 0.163. The van der Waals surface area contributed by atoms with E-state index in [1.165, 1.54) is 0 Å². The average Bonchev–Trinajstić information content (AvgIpc) is 2.35. The summed E-state index contributed by atoms with van der Waals surface area (Å²) in [6.45, 7) is 9.76. The number of anilines is 1. The van der Waals surface area contributed by atoms with Crippen LogP contribution in [-0.2, 0) is 4.74 Å². The molecule has 0 atom stereocenters. The van der Waals surface area contributed by atoms with Gasteiger partial charge in [0.25, 0.3) is 0 Å². The molecule has 0 saturated carbocycles. The SMILES string of the molecule is COCCN(C)CCNc1nc(C)cc(C(C)C)n1. The van der Waals surface area contributed by atoms with Crippen molar-refractivity contribution in [2.45, 2.75) is 26.7 Å². The third-order valence-corrected chi connectivity index (χ3v) is 2.92. The second kappa shape index (κ2) is 8.07. The number of methoxy groups -OCH3 is 1. The van der Waals surface area contributed by atoms with Crippen LogP contribution in [0.25, 0.3) is 0 Å². The largest absolute Gasteiger partial charge is 0.383 e. The lowest BCUT2D eigenvalue weighted by Gasteiger charge is -2.16. The summed E-state index contributed by atoms with van der Waals surface area (Å²) >= 11 is 0. The summed E-state index contributed by atoms with van der Waals surface area (Å²) in [5.41, 5.74) is 2.09. The number of rotatable bonds is 8. The molecule has 0 aliphatic heterocycles. The molecule has 0 radical (unpaired) electrons. The van der Waals surface area contributed by atoms with Gasteiger partial charge < -0.3 is 15.0 Å². The van der Waals surface area contributed by atoms with Crippen LogP contribution in [0, 0.1) is 6.92 Å². The number of aryl methyl sites for hydroxylation is 1. The van der Waals surface area contributed by atoms with E-state index < -0.39 is 0 Å². The van der Waals surface area contributed by atoms with Crippen LogP contribution < -0.4 is 5.32 Å². The van der Waals surface area contributed by atoms with Crippen LogP contribution in [0.15, 0.2) is 6.07 Å². The monoisotopic (exact) mass is 266 g/mol. The molecule has 0 aromatic carbocycles. The summed E-state index contributed by atoms with van der Waals surface area (Å²) in [5, 5.41) is 3.28. The molecule has 0 unspecified atom stereocenters. The summed E-state index contributed by atoms with van der Waals surface area (Å²) in [7, 11) is 3.80. The highest BCUT2D eigenvalue weighted by atomic mass is 16.5. The third kappa shape index (κ3) is 5.98. The van der Waals surface area contributed by atoms with Gasteiger partial charge in [0.05, 0.1) is 6.61 Å². The first-order valence-electron chi connectivity index (χ1n) is 6.80. The van der Waals surface area contributed by atoms with Crippen LogP contribution in [0.2, 0.25) is 0 Å². The van der Waals surface area contributed by atoms with Crippen LogP contribution >= 0.6 is 0 Å². The quantitative estimate of drug-likeness (QED) is 0.779. The zero-order valence-corrected chi connectivity index (χ0v) is 12.7. The van der Waals surface area contributed by atoms with Crippen molar-refractivity contribution >= 4 is 5.95 Å². The lowest BCUT2D eigenvalue weighted by Crippen LogP contribution is -2.28. The molecule has 5 nitrogen and oxygen atoms in total. The van der Waals surface area contributed by atoms with Crippen molar-refractivity contribution in [3.05, 3.63) is 17.5 Å². The van der Waals surface area contributed by atoms with Gasteiger partial charge in [-0.15, -0.1) is 0 Å². The van der Waals surface area contributed by atoms with Gasteiger partial charge in [0.2, 0.25) is 5.95 Å². The Morgan fingerprint density at radius 3 is 2.68 bits per heavy atom. The van der Waals surface area contributed by atoms with Gasteiger partial charge in [-0.05, 0) is 26.0 Å². The van der Waals surface area contributed by atoms with Crippen LogP contribution in [0.3, 0.4) is 0 Å². The van der Waals surface area contributed by atoms with Crippen molar-refractivity contribution in [2.75, 3.05) is 45.7 Å². The number of likely N-dealkylation sites (N-methyl/N-ethyl adjacent to an activating group) is 1. The molecule has 0 aliphatic carbocycles. The second-order valence-corrected chi connectivity index (χ2v) is 5.14. The molecule has 5 heteroatoms. The molecule has 19 heavy (non-hydrogen) atoms. The van der Waals surface area contributed by atoms with Gasteiger partial charge in [-0.3, -0.25) is 0 Å². The van der Waals surface area contributed by atoms with E-state index in [2.05, 4.69) is 41.1 Å². The van der Waals surface area contributed by atoms with Crippen LogP contribution in [0.5, 0.6) is 0 Å². The summed E-state index contributed by atoms with van der Waals surface area (Å²) in [6, 6.07) is 2.04. The van der Waals surface area contributed by atoms with Gasteiger partial charge >= 0.3 is 0 Å². The molecule has 1 N–H and O–H groups in total. The second-order valence-electron chi connectivity index (χ2n) is 5.14. The number of nitrogens with zero attached hydrogens (tertiary/aromatic N) is 3. The smallest absolute Gasteiger partial charge is 0.223 e.